The normalized spacial score (nSPS) is 11.7. The van der Waals surface area contributed by atoms with Crippen molar-refractivity contribution in [3.05, 3.63) is 212 Å². The largest absolute Gasteiger partial charge is 0.445 e. The molecule has 0 fully saturated rings. The predicted octanol–water partition coefficient (Wildman–Crippen LogP) is 14.6. The summed E-state index contributed by atoms with van der Waals surface area (Å²) in [5.74, 6) is 0. The molecule has 0 aliphatic carbocycles. The van der Waals surface area contributed by atoms with Gasteiger partial charge in [0.05, 0.1) is 44.3 Å². The van der Waals surface area contributed by atoms with E-state index < -0.39 is 0 Å². The number of aryl methyl sites for hydroxylation is 3. The van der Waals surface area contributed by atoms with Gasteiger partial charge in [-0.25, -0.2) is 9.97 Å². The minimum Gasteiger partial charge on any atom is -0.445 e. The van der Waals surface area contributed by atoms with E-state index in [1.54, 1.807) is 0 Å². The topological polar surface area (TPSA) is 53.7 Å². The molecule has 0 N–H and O–H groups in total. The summed E-state index contributed by atoms with van der Waals surface area (Å²) in [4.78, 5) is 10.1. The summed E-state index contributed by atoms with van der Waals surface area (Å²) < 4.78 is 13.5. The molecule has 300 valence electrons. The number of furan rings is 1. The second-order valence-corrected chi connectivity index (χ2v) is 16.6. The Morgan fingerprint density at radius 2 is 0.905 bits per heavy atom. The van der Waals surface area contributed by atoms with Crippen molar-refractivity contribution in [2.75, 3.05) is 0 Å². The molecule has 0 bridgehead atoms. The van der Waals surface area contributed by atoms with Gasteiger partial charge in [0.15, 0.2) is 0 Å². The van der Waals surface area contributed by atoms with E-state index >= 15 is 0 Å². The van der Waals surface area contributed by atoms with Gasteiger partial charge in [-0.05, 0) is 119 Å². The van der Waals surface area contributed by atoms with E-state index in [1.807, 2.05) is 18.9 Å². The second kappa shape index (κ2) is 14.5. The first-order valence-electron chi connectivity index (χ1n) is 21.4. The van der Waals surface area contributed by atoms with Crippen molar-refractivity contribution in [1.29, 1.82) is 0 Å². The van der Waals surface area contributed by atoms with Crippen molar-refractivity contribution in [3.8, 4) is 61.6 Å². The minimum atomic E-state index is 0.785. The third-order valence-electron chi connectivity index (χ3n) is 12.6. The molecular formula is C57H41N5O. The Hall–Kier alpha value is -8.22. The van der Waals surface area contributed by atoms with Gasteiger partial charge in [-0.3, -0.25) is 13.7 Å². The maximum atomic E-state index is 6.76. The number of hydrogen-bond acceptors (Lipinski definition) is 3. The Morgan fingerprint density at radius 3 is 1.41 bits per heavy atom. The van der Waals surface area contributed by atoms with Gasteiger partial charge in [-0.1, -0.05) is 139 Å². The first kappa shape index (κ1) is 36.6. The maximum Gasteiger partial charge on any atom is 0.214 e. The van der Waals surface area contributed by atoms with Gasteiger partial charge in [0.1, 0.15) is 18.9 Å². The molecule has 0 saturated carbocycles. The monoisotopic (exact) mass is 811 g/mol. The van der Waals surface area contributed by atoms with E-state index in [9.17, 15) is 0 Å². The lowest BCUT2D eigenvalue weighted by Gasteiger charge is -2.15. The van der Waals surface area contributed by atoms with Crippen molar-refractivity contribution >= 4 is 44.1 Å². The molecule has 6 nitrogen and oxygen atoms in total. The zero-order valence-corrected chi connectivity index (χ0v) is 35.1. The molecule has 8 aromatic carbocycles. The van der Waals surface area contributed by atoms with Crippen molar-refractivity contribution < 1.29 is 4.42 Å². The highest BCUT2D eigenvalue weighted by Gasteiger charge is 2.25. The zero-order chi connectivity index (χ0) is 42.2. The smallest absolute Gasteiger partial charge is 0.214 e. The van der Waals surface area contributed by atoms with Crippen LogP contribution in [0.15, 0.2) is 199 Å². The number of aromatic nitrogens is 5. The first-order valence-corrected chi connectivity index (χ1v) is 21.4. The molecule has 6 heteroatoms. The van der Waals surface area contributed by atoms with Crippen LogP contribution in [-0.2, 0) is 0 Å². The van der Waals surface area contributed by atoms with Crippen molar-refractivity contribution in [1.82, 2.24) is 23.7 Å². The molecule has 0 aliphatic rings. The maximum absolute atomic E-state index is 6.76. The van der Waals surface area contributed by atoms with E-state index in [2.05, 4.69) is 210 Å². The minimum absolute atomic E-state index is 0.785. The summed E-state index contributed by atoms with van der Waals surface area (Å²) in [5, 5.41) is 2.09. The molecule has 4 heterocycles. The first-order chi connectivity index (χ1) is 31.0. The summed E-state index contributed by atoms with van der Waals surface area (Å²) >= 11 is 0. The van der Waals surface area contributed by atoms with E-state index in [1.165, 1.54) is 16.7 Å². The van der Waals surface area contributed by atoms with E-state index in [-0.39, 0.29) is 0 Å². The van der Waals surface area contributed by atoms with Gasteiger partial charge >= 0.3 is 0 Å². The lowest BCUT2D eigenvalue weighted by Crippen LogP contribution is -2.01. The van der Waals surface area contributed by atoms with E-state index in [0.717, 1.165) is 106 Å². The molecule has 0 radical (unpaired) electrons. The van der Waals surface area contributed by atoms with Crippen LogP contribution in [0.1, 0.15) is 16.7 Å². The average molecular weight is 812 g/mol. The van der Waals surface area contributed by atoms with Crippen molar-refractivity contribution in [2.24, 2.45) is 0 Å². The summed E-state index contributed by atoms with van der Waals surface area (Å²) in [7, 11) is 0. The molecular weight excluding hydrogens is 771 g/mol. The Bertz CT molecular complexity index is 3660. The molecule has 12 rings (SSSR count). The number of hydrogen-bond donors (Lipinski definition) is 0. The number of rotatable bonds is 7. The van der Waals surface area contributed by atoms with E-state index in [4.69, 9.17) is 14.4 Å². The van der Waals surface area contributed by atoms with Crippen LogP contribution in [0.25, 0.3) is 106 Å². The Kier molecular flexibility index (Phi) is 8.41. The quantitative estimate of drug-likeness (QED) is 0.161. The van der Waals surface area contributed by atoms with Crippen LogP contribution in [0.3, 0.4) is 0 Å². The third kappa shape index (κ3) is 5.94. The van der Waals surface area contributed by atoms with Gasteiger partial charge in [0.25, 0.3) is 0 Å². The molecule has 63 heavy (non-hydrogen) atoms. The average Bonchev–Trinajstić information content (AvgIpc) is 4.12. The van der Waals surface area contributed by atoms with Crippen LogP contribution in [0.5, 0.6) is 0 Å². The predicted molar refractivity (Wildman–Crippen MR) is 258 cm³/mol. The molecule has 0 aliphatic heterocycles. The highest BCUT2D eigenvalue weighted by atomic mass is 16.3. The lowest BCUT2D eigenvalue weighted by molar-refractivity contribution is 0.593. The standard InChI is InChI=1S/C57H41N5O/c1-36-26-37(2)56(38(3)27-36)62-51-25-24-43(60-34-58-49-29-44(39-16-8-4-9-17-39)46(31-52(49)60)41-20-12-6-13-21-41)28-48(51)55-54(33-63-57(55)62)61-35-59-50-30-45(40-18-10-5-11-19-40)47(32-53(50)61)42-22-14-7-15-23-42/h4-35H,1-3H3. The van der Waals surface area contributed by atoms with Crippen molar-refractivity contribution in [3.63, 3.8) is 0 Å². The fraction of sp³-hybridized carbons (Fsp3) is 0.0526. The van der Waals surface area contributed by atoms with Gasteiger partial charge in [-0.15, -0.1) is 0 Å². The van der Waals surface area contributed by atoms with Crippen LogP contribution in [0.4, 0.5) is 0 Å². The SMILES string of the molecule is Cc1cc(C)c(-n2c3ccc(-n4cnc5cc(-c6ccccc6)c(-c6ccccc6)cc54)cc3c3c(-n4cnc5cc(-c6ccccc6)c(-c6ccccc6)cc54)coc32)c(C)c1. The van der Waals surface area contributed by atoms with Crippen LogP contribution in [0.2, 0.25) is 0 Å². The number of fused-ring (bicyclic) bond motifs is 5. The van der Waals surface area contributed by atoms with Crippen LogP contribution in [0, 0.1) is 20.8 Å². The molecule has 12 aromatic rings. The number of benzene rings is 8. The number of nitrogens with zero attached hydrogens (tertiary/aromatic N) is 5. The fourth-order valence-electron chi connectivity index (χ4n) is 9.79. The van der Waals surface area contributed by atoms with Crippen LogP contribution in [-0.4, -0.2) is 23.7 Å². The molecule has 0 unspecified atom stereocenters. The van der Waals surface area contributed by atoms with E-state index in [0.29, 0.717) is 0 Å². The van der Waals surface area contributed by atoms with Gasteiger partial charge in [0, 0.05) is 11.1 Å². The Morgan fingerprint density at radius 1 is 0.444 bits per heavy atom. The Balaban J connectivity index is 1.10. The summed E-state index contributed by atoms with van der Waals surface area (Å²) in [6.07, 6.45) is 5.78. The second-order valence-electron chi connectivity index (χ2n) is 16.6. The highest BCUT2D eigenvalue weighted by molar-refractivity contribution is 6.13. The van der Waals surface area contributed by atoms with Crippen molar-refractivity contribution in [2.45, 2.75) is 20.8 Å². The summed E-state index contributed by atoms with van der Waals surface area (Å²) in [6, 6.07) is 62.7. The number of imidazole rings is 2. The molecule has 0 amide bonds. The van der Waals surface area contributed by atoms with Gasteiger partial charge in [0.2, 0.25) is 5.71 Å². The summed E-state index contributed by atoms with van der Waals surface area (Å²) in [6.45, 7) is 6.54. The molecule has 4 aromatic heterocycles. The van der Waals surface area contributed by atoms with Crippen LogP contribution < -0.4 is 0 Å². The lowest BCUT2D eigenvalue weighted by atomic mass is 9.94. The Labute approximate surface area is 364 Å². The third-order valence-corrected chi connectivity index (χ3v) is 12.6. The zero-order valence-electron chi connectivity index (χ0n) is 35.1. The molecule has 0 saturated heterocycles. The fourth-order valence-corrected chi connectivity index (χ4v) is 9.79. The van der Waals surface area contributed by atoms with Gasteiger partial charge in [-0.2, -0.15) is 0 Å². The van der Waals surface area contributed by atoms with Crippen LogP contribution >= 0.6 is 0 Å². The highest BCUT2D eigenvalue weighted by Crippen LogP contribution is 2.43. The molecule has 0 atom stereocenters. The van der Waals surface area contributed by atoms with Gasteiger partial charge < -0.3 is 4.42 Å². The summed E-state index contributed by atoms with van der Waals surface area (Å²) in [5.41, 5.74) is 21.6. The molecule has 0 spiro atoms.